The van der Waals surface area contributed by atoms with Gasteiger partial charge in [0.25, 0.3) is 9.70 Å². The standard InChI is InChI=1S/C13H13Cl5N2O2/c14-8-2-1-3-9(15)10(8)11(21)19-12(13(16,17)18)20-4-6-22-7-5-20/h1-3,12H,4-7H2,(H,19,21)/p+1/t12-/m1/s1. The lowest BCUT2D eigenvalue weighted by Gasteiger charge is -2.35. The lowest BCUT2D eigenvalue weighted by molar-refractivity contribution is -0.934. The van der Waals surface area contributed by atoms with Gasteiger partial charge >= 0.3 is 0 Å². The minimum atomic E-state index is -1.67. The van der Waals surface area contributed by atoms with Crippen molar-refractivity contribution in [1.29, 1.82) is 0 Å². The van der Waals surface area contributed by atoms with Gasteiger partial charge in [0.05, 0.1) is 28.8 Å². The molecule has 2 rings (SSSR count). The van der Waals surface area contributed by atoms with Crippen molar-refractivity contribution in [2.75, 3.05) is 26.3 Å². The molecule has 1 heterocycles. The maximum atomic E-state index is 12.5. The molecule has 0 aromatic heterocycles. The van der Waals surface area contributed by atoms with Crippen LogP contribution in [0.2, 0.25) is 10.0 Å². The average Bonchev–Trinajstić information content (AvgIpc) is 2.44. The third-order valence-corrected chi connectivity index (χ3v) is 4.62. The molecule has 0 aliphatic carbocycles. The quantitative estimate of drug-likeness (QED) is 0.756. The number of carbonyl (C=O) groups is 1. The van der Waals surface area contributed by atoms with Gasteiger partial charge in [-0.1, -0.05) is 64.1 Å². The predicted molar refractivity (Wildman–Crippen MR) is 89.5 cm³/mol. The summed E-state index contributed by atoms with van der Waals surface area (Å²) in [5.41, 5.74) is 0.165. The molecular formula is C13H14Cl5N2O2+. The van der Waals surface area contributed by atoms with Crippen LogP contribution >= 0.6 is 58.0 Å². The molecule has 2 N–H and O–H groups in total. The van der Waals surface area contributed by atoms with E-state index in [2.05, 4.69) is 5.32 Å². The molecule has 9 heteroatoms. The molecular weight excluding hydrogens is 393 g/mol. The van der Waals surface area contributed by atoms with Crippen molar-refractivity contribution >= 4 is 63.9 Å². The maximum Gasteiger partial charge on any atom is 0.262 e. The van der Waals surface area contributed by atoms with Gasteiger partial charge in [-0.15, -0.1) is 0 Å². The Morgan fingerprint density at radius 3 is 2.23 bits per heavy atom. The largest absolute Gasteiger partial charge is 0.370 e. The van der Waals surface area contributed by atoms with Crippen molar-refractivity contribution < 1.29 is 14.4 Å². The molecule has 1 aromatic rings. The first-order chi connectivity index (χ1) is 10.3. The summed E-state index contributed by atoms with van der Waals surface area (Å²) in [6.07, 6.45) is -0.735. The van der Waals surface area contributed by atoms with Crippen LogP contribution in [0, 0.1) is 0 Å². The molecule has 1 saturated heterocycles. The fraction of sp³-hybridized carbons (Fsp3) is 0.462. The van der Waals surface area contributed by atoms with Gasteiger partial charge in [0.15, 0.2) is 0 Å². The van der Waals surface area contributed by atoms with Crippen molar-refractivity contribution in [2.24, 2.45) is 0 Å². The Morgan fingerprint density at radius 1 is 1.18 bits per heavy atom. The molecule has 22 heavy (non-hydrogen) atoms. The van der Waals surface area contributed by atoms with Crippen LogP contribution in [0.1, 0.15) is 10.4 Å². The number of morpholine rings is 1. The summed E-state index contributed by atoms with van der Waals surface area (Å²) in [7, 11) is 0. The molecule has 0 spiro atoms. The number of quaternary nitrogens is 1. The Labute approximate surface area is 153 Å². The van der Waals surface area contributed by atoms with Crippen LogP contribution < -0.4 is 10.2 Å². The van der Waals surface area contributed by atoms with Crippen LogP contribution in [0.25, 0.3) is 0 Å². The second kappa shape index (κ2) is 7.75. The van der Waals surface area contributed by atoms with E-state index in [-0.39, 0.29) is 15.6 Å². The van der Waals surface area contributed by atoms with E-state index < -0.39 is 15.9 Å². The maximum absolute atomic E-state index is 12.5. The second-order valence-corrected chi connectivity index (χ2v) is 8.00. The Kier molecular flexibility index (Phi) is 6.48. The number of benzene rings is 1. The molecule has 0 unspecified atom stereocenters. The first kappa shape index (κ1) is 18.4. The number of nitrogens with one attached hydrogen (secondary N) is 2. The Morgan fingerprint density at radius 2 is 1.73 bits per heavy atom. The van der Waals surface area contributed by atoms with Crippen molar-refractivity contribution in [3.05, 3.63) is 33.8 Å². The number of hydrogen-bond acceptors (Lipinski definition) is 2. The minimum absolute atomic E-state index is 0.165. The van der Waals surface area contributed by atoms with Crippen molar-refractivity contribution in [2.45, 2.75) is 9.96 Å². The molecule has 0 bridgehead atoms. The van der Waals surface area contributed by atoms with E-state index in [1.165, 1.54) is 0 Å². The highest BCUT2D eigenvalue weighted by Gasteiger charge is 2.43. The number of carbonyl (C=O) groups excluding carboxylic acids is 1. The van der Waals surface area contributed by atoms with Crippen LogP contribution in [-0.2, 0) is 4.74 Å². The second-order valence-electron chi connectivity index (χ2n) is 4.82. The molecule has 0 radical (unpaired) electrons. The molecule has 4 nitrogen and oxygen atoms in total. The summed E-state index contributed by atoms with van der Waals surface area (Å²) in [6, 6.07) is 4.81. The van der Waals surface area contributed by atoms with Gasteiger partial charge in [0.1, 0.15) is 13.1 Å². The minimum Gasteiger partial charge on any atom is -0.370 e. The fourth-order valence-corrected chi connectivity index (χ4v) is 3.45. The molecule has 1 aliphatic heterocycles. The zero-order valence-corrected chi connectivity index (χ0v) is 15.1. The first-order valence-corrected chi connectivity index (χ1v) is 8.43. The van der Waals surface area contributed by atoms with E-state index in [1.54, 1.807) is 18.2 Å². The van der Waals surface area contributed by atoms with Crippen molar-refractivity contribution in [3.8, 4) is 0 Å². The predicted octanol–water partition coefficient (Wildman–Crippen LogP) is 2.33. The van der Waals surface area contributed by atoms with Gasteiger partial charge in [-0.3, -0.25) is 10.1 Å². The van der Waals surface area contributed by atoms with Crippen LogP contribution in [0.4, 0.5) is 0 Å². The summed E-state index contributed by atoms with van der Waals surface area (Å²) in [6.45, 7) is 2.31. The van der Waals surface area contributed by atoms with E-state index >= 15 is 0 Å². The van der Waals surface area contributed by atoms with Gasteiger partial charge < -0.3 is 9.64 Å². The number of halogens is 5. The number of ether oxygens (including phenoxy) is 1. The third-order valence-electron chi connectivity index (χ3n) is 3.34. The Bertz CT molecular complexity index is 523. The highest BCUT2D eigenvalue weighted by Crippen LogP contribution is 2.29. The average molecular weight is 408 g/mol. The molecule has 1 aromatic carbocycles. The third kappa shape index (κ3) is 4.54. The number of alkyl halides is 3. The van der Waals surface area contributed by atoms with E-state index in [0.29, 0.717) is 26.3 Å². The van der Waals surface area contributed by atoms with E-state index in [1.807, 2.05) is 0 Å². The molecule has 122 valence electrons. The molecule has 0 saturated carbocycles. The van der Waals surface area contributed by atoms with Crippen LogP contribution in [0.15, 0.2) is 18.2 Å². The summed E-state index contributed by atoms with van der Waals surface area (Å²) in [5.74, 6) is -0.481. The molecule has 1 amide bonds. The first-order valence-electron chi connectivity index (χ1n) is 6.54. The zero-order chi connectivity index (χ0) is 16.3. The number of rotatable bonds is 3. The van der Waals surface area contributed by atoms with Gasteiger partial charge in [0, 0.05) is 0 Å². The lowest BCUT2D eigenvalue weighted by Crippen LogP contribution is -3.21. The van der Waals surface area contributed by atoms with Gasteiger partial charge in [-0.2, -0.15) is 0 Å². The Balaban J connectivity index is 2.21. The van der Waals surface area contributed by atoms with E-state index in [0.717, 1.165) is 4.90 Å². The van der Waals surface area contributed by atoms with Gasteiger partial charge in [-0.05, 0) is 12.1 Å². The molecule has 1 fully saturated rings. The van der Waals surface area contributed by atoms with Crippen molar-refractivity contribution in [3.63, 3.8) is 0 Å². The van der Waals surface area contributed by atoms with Gasteiger partial charge in [0.2, 0.25) is 6.17 Å². The summed E-state index contributed by atoms with van der Waals surface area (Å²) >= 11 is 30.2. The van der Waals surface area contributed by atoms with Crippen LogP contribution in [0.3, 0.4) is 0 Å². The highest BCUT2D eigenvalue weighted by molar-refractivity contribution is 6.68. The monoisotopic (exact) mass is 405 g/mol. The number of hydrogen-bond donors (Lipinski definition) is 2. The normalized spacial score (nSPS) is 18.0. The van der Waals surface area contributed by atoms with Crippen LogP contribution in [-0.4, -0.2) is 42.2 Å². The SMILES string of the molecule is O=C(N[C@H]([NH+]1CCOCC1)C(Cl)(Cl)Cl)c1c(Cl)cccc1Cl. The highest BCUT2D eigenvalue weighted by atomic mass is 35.6. The summed E-state index contributed by atoms with van der Waals surface area (Å²) in [5, 5.41) is 3.21. The number of amides is 1. The summed E-state index contributed by atoms with van der Waals surface area (Å²) < 4.78 is 3.61. The Hall–Kier alpha value is 0.0600. The topological polar surface area (TPSA) is 42.8 Å². The smallest absolute Gasteiger partial charge is 0.262 e. The van der Waals surface area contributed by atoms with Crippen LogP contribution in [0.5, 0.6) is 0 Å². The lowest BCUT2D eigenvalue weighted by atomic mass is 10.2. The zero-order valence-electron chi connectivity index (χ0n) is 11.3. The van der Waals surface area contributed by atoms with E-state index in [9.17, 15) is 4.79 Å². The van der Waals surface area contributed by atoms with Gasteiger partial charge in [-0.25, -0.2) is 0 Å². The van der Waals surface area contributed by atoms with Crippen molar-refractivity contribution in [1.82, 2.24) is 5.32 Å². The molecule has 1 atom stereocenters. The fourth-order valence-electron chi connectivity index (χ4n) is 2.26. The summed E-state index contributed by atoms with van der Waals surface area (Å²) in [4.78, 5) is 13.4. The molecule has 1 aliphatic rings. The van der Waals surface area contributed by atoms with E-state index in [4.69, 9.17) is 62.7 Å².